The van der Waals surface area contributed by atoms with E-state index in [2.05, 4.69) is 0 Å². The van der Waals surface area contributed by atoms with E-state index in [-0.39, 0.29) is 27.4 Å². The molecule has 2 aromatic heterocycles. The Hall–Kier alpha value is -3.35. The average molecular weight is 456 g/mol. The van der Waals surface area contributed by atoms with Crippen LogP contribution in [-0.4, -0.2) is 36.3 Å². The van der Waals surface area contributed by atoms with Crippen LogP contribution in [0.2, 0.25) is 10.0 Å². The van der Waals surface area contributed by atoms with Crippen LogP contribution in [0.4, 0.5) is 0 Å². The molecule has 0 amide bonds. The maximum Gasteiger partial charge on any atom is 0.341 e. The van der Waals surface area contributed by atoms with E-state index >= 15 is 0 Å². The molecule has 8 heteroatoms. The van der Waals surface area contributed by atoms with Gasteiger partial charge in [0, 0.05) is 10.6 Å². The lowest BCUT2D eigenvalue weighted by Crippen LogP contribution is -2.15. The summed E-state index contributed by atoms with van der Waals surface area (Å²) in [6, 6.07) is 15.1. The van der Waals surface area contributed by atoms with Gasteiger partial charge in [0.1, 0.15) is 16.8 Å². The molecule has 0 aliphatic rings. The molecule has 0 N–H and O–H groups in total. The minimum Gasteiger partial charge on any atom is -0.465 e. The minimum atomic E-state index is -0.846. The predicted molar refractivity (Wildman–Crippen MR) is 117 cm³/mol. The van der Waals surface area contributed by atoms with Crippen molar-refractivity contribution < 1.29 is 23.9 Å². The Morgan fingerprint density at radius 3 is 2.16 bits per heavy atom. The fourth-order valence-electron chi connectivity index (χ4n) is 3.63. The Bertz CT molecular complexity index is 1390. The highest BCUT2D eigenvalue weighted by Gasteiger charge is 2.34. The number of ketones is 1. The van der Waals surface area contributed by atoms with Gasteiger partial charge in [0.2, 0.25) is 5.78 Å². The molecule has 0 radical (unpaired) electrons. The van der Waals surface area contributed by atoms with Crippen LogP contribution in [0.25, 0.3) is 16.4 Å². The maximum absolute atomic E-state index is 13.7. The molecule has 0 saturated carbocycles. The van der Waals surface area contributed by atoms with E-state index in [4.69, 9.17) is 32.7 Å². The van der Waals surface area contributed by atoms with Gasteiger partial charge < -0.3 is 13.9 Å². The first-order chi connectivity index (χ1) is 14.9. The number of rotatable bonds is 4. The van der Waals surface area contributed by atoms with Crippen molar-refractivity contribution in [3.05, 3.63) is 87.0 Å². The van der Waals surface area contributed by atoms with E-state index in [9.17, 15) is 14.4 Å². The highest BCUT2D eigenvalue weighted by molar-refractivity contribution is 6.38. The van der Waals surface area contributed by atoms with Gasteiger partial charge in [-0.25, -0.2) is 9.59 Å². The smallest absolute Gasteiger partial charge is 0.341 e. The number of methoxy groups -OCH3 is 2. The zero-order chi connectivity index (χ0) is 22.3. The first kappa shape index (κ1) is 20.9. The minimum absolute atomic E-state index is 0.0525. The molecule has 2 aromatic carbocycles. The highest BCUT2D eigenvalue weighted by atomic mass is 35.5. The lowest BCUT2D eigenvalue weighted by molar-refractivity contribution is 0.0556. The molecule has 6 nitrogen and oxygen atoms in total. The zero-order valence-electron chi connectivity index (χ0n) is 16.4. The third-order valence-corrected chi connectivity index (χ3v) is 5.52. The van der Waals surface area contributed by atoms with Crippen molar-refractivity contribution in [3.63, 3.8) is 0 Å². The molecule has 0 aliphatic carbocycles. The average Bonchev–Trinajstić information content (AvgIpc) is 3.13. The monoisotopic (exact) mass is 455 g/mol. The topological polar surface area (TPSA) is 74.1 Å². The summed E-state index contributed by atoms with van der Waals surface area (Å²) in [4.78, 5) is 39.2. The van der Waals surface area contributed by atoms with E-state index in [0.717, 1.165) is 5.39 Å². The van der Waals surface area contributed by atoms with Gasteiger partial charge >= 0.3 is 11.9 Å². The van der Waals surface area contributed by atoms with Gasteiger partial charge in [0.25, 0.3) is 0 Å². The Morgan fingerprint density at radius 1 is 0.806 bits per heavy atom. The zero-order valence-corrected chi connectivity index (χ0v) is 18.0. The van der Waals surface area contributed by atoms with Crippen LogP contribution in [0.1, 0.15) is 36.8 Å². The van der Waals surface area contributed by atoms with Gasteiger partial charge in [0.15, 0.2) is 0 Å². The number of fused-ring (bicyclic) bond motifs is 3. The van der Waals surface area contributed by atoms with Crippen molar-refractivity contribution >= 4 is 57.3 Å². The van der Waals surface area contributed by atoms with E-state index in [1.165, 1.54) is 32.4 Å². The van der Waals surface area contributed by atoms with Gasteiger partial charge in [0.05, 0.1) is 30.3 Å². The van der Waals surface area contributed by atoms with Crippen LogP contribution < -0.4 is 0 Å². The van der Waals surface area contributed by atoms with Gasteiger partial charge in [-0.3, -0.25) is 4.79 Å². The number of carbonyl (C=O) groups is 3. The first-order valence-electron chi connectivity index (χ1n) is 9.11. The summed E-state index contributed by atoms with van der Waals surface area (Å²) in [6.45, 7) is 0. The fraction of sp³-hybridized carbons (Fsp3) is 0.0870. The molecule has 4 rings (SSSR count). The van der Waals surface area contributed by atoms with Crippen LogP contribution in [0, 0.1) is 0 Å². The summed E-state index contributed by atoms with van der Waals surface area (Å²) in [6.07, 6.45) is 0. The lowest BCUT2D eigenvalue weighted by Gasteiger charge is -2.09. The molecule has 0 unspecified atom stereocenters. The molecule has 31 heavy (non-hydrogen) atoms. The number of para-hydroxylation sites is 1. The highest BCUT2D eigenvalue weighted by Crippen LogP contribution is 2.33. The van der Waals surface area contributed by atoms with Crippen LogP contribution in [0.15, 0.2) is 54.6 Å². The Morgan fingerprint density at radius 2 is 1.48 bits per heavy atom. The standard InChI is InChI=1S/C23H15Cl2NO5/c1-30-22(28)18-17-10-7-12-5-3-4-6-16(12)26(17)20(19(18)23(29)31-2)21(27)14-9-8-13(24)11-15(14)25/h3-11H,1-2H3. The van der Waals surface area contributed by atoms with E-state index in [1.807, 2.05) is 12.1 Å². The number of hydrogen-bond donors (Lipinski definition) is 0. The van der Waals surface area contributed by atoms with Gasteiger partial charge in [-0.2, -0.15) is 0 Å². The molecule has 0 saturated heterocycles. The van der Waals surface area contributed by atoms with E-state index < -0.39 is 17.7 Å². The van der Waals surface area contributed by atoms with Crippen LogP contribution >= 0.6 is 23.2 Å². The second-order valence-electron chi connectivity index (χ2n) is 6.65. The third-order valence-electron chi connectivity index (χ3n) is 4.98. The van der Waals surface area contributed by atoms with E-state index in [0.29, 0.717) is 16.1 Å². The lowest BCUT2D eigenvalue weighted by atomic mass is 10.0. The number of benzene rings is 2. The number of aromatic nitrogens is 1. The van der Waals surface area contributed by atoms with Crippen molar-refractivity contribution in [2.24, 2.45) is 0 Å². The van der Waals surface area contributed by atoms with Crippen LogP contribution in [0.5, 0.6) is 0 Å². The quantitative estimate of drug-likeness (QED) is 0.312. The maximum atomic E-state index is 13.7. The van der Waals surface area contributed by atoms with Crippen molar-refractivity contribution in [1.82, 2.24) is 4.40 Å². The van der Waals surface area contributed by atoms with Gasteiger partial charge in [-0.15, -0.1) is 0 Å². The number of esters is 2. The number of pyridine rings is 1. The first-order valence-corrected chi connectivity index (χ1v) is 9.87. The second-order valence-corrected chi connectivity index (χ2v) is 7.49. The summed E-state index contributed by atoms with van der Waals surface area (Å²) in [5.74, 6) is -2.18. The SMILES string of the molecule is COC(=O)c1c(C(=O)OC)c2ccc3ccccc3n2c1C(=O)c1ccc(Cl)cc1Cl. The molecular formula is C23H15Cl2NO5. The largest absolute Gasteiger partial charge is 0.465 e. The number of nitrogens with zero attached hydrogens (tertiary/aromatic N) is 1. The molecule has 0 fully saturated rings. The van der Waals surface area contributed by atoms with Crippen LogP contribution in [0.3, 0.4) is 0 Å². The van der Waals surface area contributed by atoms with Gasteiger partial charge in [-0.1, -0.05) is 47.5 Å². The molecule has 0 bridgehead atoms. The summed E-state index contributed by atoms with van der Waals surface area (Å²) in [5.41, 5.74) is 0.770. The molecule has 4 aromatic rings. The number of carbonyl (C=O) groups excluding carboxylic acids is 3. The molecule has 2 heterocycles. The fourth-order valence-corrected chi connectivity index (χ4v) is 4.12. The summed E-state index contributed by atoms with van der Waals surface area (Å²) >= 11 is 12.3. The van der Waals surface area contributed by atoms with Gasteiger partial charge in [-0.05, 0) is 35.7 Å². The Labute approximate surface area is 186 Å². The van der Waals surface area contributed by atoms with Crippen LogP contribution in [-0.2, 0) is 9.47 Å². The van der Waals surface area contributed by atoms with Crippen molar-refractivity contribution in [1.29, 1.82) is 0 Å². The van der Waals surface area contributed by atoms with Crippen molar-refractivity contribution in [3.8, 4) is 0 Å². The Balaban J connectivity index is 2.20. The summed E-state index contributed by atoms with van der Waals surface area (Å²) in [7, 11) is 2.37. The van der Waals surface area contributed by atoms with Crippen molar-refractivity contribution in [2.45, 2.75) is 0 Å². The summed E-state index contributed by atoms with van der Waals surface area (Å²) < 4.78 is 11.4. The Kier molecular flexibility index (Phi) is 5.43. The number of hydrogen-bond acceptors (Lipinski definition) is 5. The number of ether oxygens (including phenoxy) is 2. The predicted octanol–water partition coefficient (Wildman–Crippen LogP) is 5.20. The molecule has 0 aliphatic heterocycles. The van der Waals surface area contributed by atoms with Crippen molar-refractivity contribution in [2.75, 3.05) is 14.2 Å². The molecular weight excluding hydrogens is 441 g/mol. The number of halogens is 2. The van der Waals surface area contributed by atoms with E-state index in [1.54, 1.807) is 28.7 Å². The molecule has 0 atom stereocenters. The third kappa shape index (κ3) is 3.34. The molecule has 0 spiro atoms. The second kappa shape index (κ2) is 8.06. The normalized spacial score (nSPS) is 11.0. The molecule has 156 valence electrons. The summed E-state index contributed by atoms with van der Waals surface area (Å²) in [5, 5.41) is 1.27.